The van der Waals surface area contributed by atoms with Gasteiger partial charge in [0.2, 0.25) is 0 Å². The minimum absolute atomic E-state index is 0.0889. The number of nitrogens with zero attached hydrogens (tertiary/aromatic N) is 3. The molecule has 3 heterocycles. The molecule has 2 aromatic rings. The molecule has 0 radical (unpaired) electrons. The number of pyridine rings is 2. The van der Waals surface area contributed by atoms with E-state index in [9.17, 15) is 4.79 Å². The summed E-state index contributed by atoms with van der Waals surface area (Å²) in [6.45, 7) is 4.96. The van der Waals surface area contributed by atoms with E-state index >= 15 is 0 Å². The van der Waals surface area contributed by atoms with Crippen LogP contribution in [0.4, 0.5) is 0 Å². The number of likely N-dealkylation sites (tertiary alicyclic amines) is 1. The Morgan fingerprint density at radius 1 is 1.10 bits per heavy atom. The zero-order valence-electron chi connectivity index (χ0n) is 17.9. The van der Waals surface area contributed by atoms with Crippen molar-refractivity contribution in [3.05, 3.63) is 59.2 Å². The van der Waals surface area contributed by atoms with Crippen LogP contribution < -0.4 is 5.32 Å². The summed E-state index contributed by atoms with van der Waals surface area (Å²) >= 11 is 0. The summed E-state index contributed by atoms with van der Waals surface area (Å²) in [5, 5.41) is 3.37. The van der Waals surface area contributed by atoms with E-state index in [2.05, 4.69) is 21.3 Å². The van der Waals surface area contributed by atoms with Crippen molar-refractivity contribution >= 4 is 5.91 Å². The second kappa shape index (κ2) is 8.46. The zero-order valence-corrected chi connectivity index (χ0v) is 17.9. The first kappa shape index (κ1) is 19.7. The Labute approximate surface area is 179 Å². The minimum atomic E-state index is 0.0889. The second-order valence-electron chi connectivity index (χ2n) is 9.51. The molecule has 3 unspecified atom stereocenters. The van der Waals surface area contributed by atoms with Crippen LogP contribution in [0.3, 0.4) is 0 Å². The highest BCUT2D eigenvalue weighted by atomic mass is 16.1. The van der Waals surface area contributed by atoms with Crippen LogP contribution in [0.2, 0.25) is 0 Å². The normalized spacial score (nSPS) is 26.8. The van der Waals surface area contributed by atoms with Gasteiger partial charge in [0.1, 0.15) is 0 Å². The number of aromatic nitrogens is 2. The van der Waals surface area contributed by atoms with Gasteiger partial charge in [-0.1, -0.05) is 12.5 Å². The molecule has 2 aromatic heterocycles. The van der Waals surface area contributed by atoms with Crippen molar-refractivity contribution in [2.75, 3.05) is 13.1 Å². The summed E-state index contributed by atoms with van der Waals surface area (Å²) in [4.78, 5) is 25.0. The molecular formula is C25H32N4O. The number of carbonyl (C=O) groups is 1. The molecule has 2 bridgehead atoms. The quantitative estimate of drug-likeness (QED) is 0.816. The number of aryl methyl sites for hydroxylation is 1. The fourth-order valence-electron chi connectivity index (χ4n) is 5.83. The summed E-state index contributed by atoms with van der Waals surface area (Å²) in [7, 11) is 0. The molecule has 1 N–H and O–H groups in total. The van der Waals surface area contributed by atoms with Crippen molar-refractivity contribution in [1.82, 2.24) is 20.2 Å². The Bertz CT molecular complexity index is 891. The Hall–Kier alpha value is -2.27. The van der Waals surface area contributed by atoms with E-state index < -0.39 is 0 Å². The first-order chi connectivity index (χ1) is 14.7. The lowest BCUT2D eigenvalue weighted by Gasteiger charge is -2.32. The monoisotopic (exact) mass is 404 g/mol. The van der Waals surface area contributed by atoms with Crippen molar-refractivity contribution in [1.29, 1.82) is 0 Å². The molecule has 5 rings (SSSR count). The van der Waals surface area contributed by atoms with Crippen LogP contribution in [0.25, 0.3) is 0 Å². The van der Waals surface area contributed by atoms with Gasteiger partial charge in [0.25, 0.3) is 5.91 Å². The van der Waals surface area contributed by atoms with Crippen LogP contribution in [0.1, 0.15) is 71.9 Å². The number of rotatable bonds is 5. The van der Waals surface area contributed by atoms with Gasteiger partial charge in [0, 0.05) is 30.4 Å². The Morgan fingerprint density at radius 2 is 1.97 bits per heavy atom. The molecule has 5 nitrogen and oxygen atoms in total. The number of amides is 1. The Balaban J connectivity index is 1.25. The van der Waals surface area contributed by atoms with Crippen LogP contribution in [0.5, 0.6) is 0 Å². The summed E-state index contributed by atoms with van der Waals surface area (Å²) in [5.74, 6) is 1.96. The predicted octanol–water partition coefficient (Wildman–Crippen LogP) is 4.08. The standard InChI is InChI=1S/C25H32N4O/c1-17-5-8-22(25(30)28-23-15-18-6-7-20(23)14-18)24(27-17)19-9-12-29(13-10-19)16-21-4-2-3-11-26-21/h2-5,8,11,18-20,23H,6-7,9-10,12-16H2,1H3,(H,28,30). The predicted molar refractivity (Wildman–Crippen MR) is 117 cm³/mol. The summed E-state index contributed by atoms with van der Waals surface area (Å²) in [6, 6.07) is 10.4. The van der Waals surface area contributed by atoms with E-state index in [-0.39, 0.29) is 5.91 Å². The zero-order chi connectivity index (χ0) is 20.5. The number of fused-ring (bicyclic) bond motifs is 2. The average molecular weight is 405 g/mol. The SMILES string of the molecule is Cc1ccc(C(=O)NC2CC3CCC2C3)c(C2CCN(Cc3ccccn3)CC2)n1. The fraction of sp³-hybridized carbons (Fsp3) is 0.560. The second-order valence-corrected chi connectivity index (χ2v) is 9.51. The molecule has 0 spiro atoms. The number of piperidine rings is 1. The fourth-order valence-corrected chi connectivity index (χ4v) is 5.83. The first-order valence-corrected chi connectivity index (χ1v) is 11.6. The summed E-state index contributed by atoms with van der Waals surface area (Å²) < 4.78 is 0. The van der Waals surface area contributed by atoms with Gasteiger partial charge >= 0.3 is 0 Å². The molecule has 1 amide bonds. The third-order valence-corrected chi connectivity index (χ3v) is 7.45. The molecular weight excluding hydrogens is 372 g/mol. The maximum Gasteiger partial charge on any atom is 0.253 e. The van der Waals surface area contributed by atoms with Crippen molar-refractivity contribution < 1.29 is 4.79 Å². The highest BCUT2D eigenvalue weighted by Crippen LogP contribution is 2.44. The van der Waals surface area contributed by atoms with Crippen LogP contribution >= 0.6 is 0 Å². The molecule has 158 valence electrons. The van der Waals surface area contributed by atoms with Gasteiger partial charge in [-0.3, -0.25) is 19.7 Å². The van der Waals surface area contributed by atoms with E-state index in [0.29, 0.717) is 17.9 Å². The average Bonchev–Trinajstić information content (AvgIpc) is 3.38. The lowest BCUT2D eigenvalue weighted by atomic mass is 9.89. The number of hydrogen-bond donors (Lipinski definition) is 1. The van der Waals surface area contributed by atoms with Crippen molar-refractivity contribution in [3.8, 4) is 0 Å². The van der Waals surface area contributed by atoms with Crippen molar-refractivity contribution in [2.24, 2.45) is 11.8 Å². The van der Waals surface area contributed by atoms with E-state index in [1.807, 2.05) is 37.4 Å². The molecule has 5 heteroatoms. The van der Waals surface area contributed by atoms with E-state index in [4.69, 9.17) is 4.98 Å². The molecule has 3 atom stereocenters. The topological polar surface area (TPSA) is 58.1 Å². The summed E-state index contributed by atoms with van der Waals surface area (Å²) in [5.41, 5.74) is 3.92. The molecule has 1 aliphatic heterocycles. The molecule has 2 aliphatic carbocycles. The van der Waals surface area contributed by atoms with Gasteiger partial charge in [0.15, 0.2) is 0 Å². The first-order valence-electron chi connectivity index (χ1n) is 11.6. The van der Waals surface area contributed by atoms with Crippen LogP contribution in [0, 0.1) is 18.8 Å². The third kappa shape index (κ3) is 4.13. The van der Waals surface area contributed by atoms with E-state index in [1.54, 1.807) is 0 Å². The maximum atomic E-state index is 13.2. The maximum absolute atomic E-state index is 13.2. The van der Waals surface area contributed by atoms with E-state index in [0.717, 1.165) is 67.5 Å². The van der Waals surface area contributed by atoms with Gasteiger partial charge in [-0.25, -0.2) is 0 Å². The van der Waals surface area contributed by atoms with Gasteiger partial charge in [0.05, 0.1) is 17.0 Å². The number of carbonyl (C=O) groups excluding carboxylic acids is 1. The lowest BCUT2D eigenvalue weighted by Crippen LogP contribution is -2.39. The molecule has 30 heavy (non-hydrogen) atoms. The molecule has 2 saturated carbocycles. The lowest BCUT2D eigenvalue weighted by molar-refractivity contribution is 0.0920. The Morgan fingerprint density at radius 3 is 2.67 bits per heavy atom. The van der Waals surface area contributed by atoms with Gasteiger partial charge in [-0.2, -0.15) is 0 Å². The van der Waals surface area contributed by atoms with Crippen LogP contribution in [-0.4, -0.2) is 39.9 Å². The van der Waals surface area contributed by atoms with Gasteiger partial charge in [-0.15, -0.1) is 0 Å². The third-order valence-electron chi connectivity index (χ3n) is 7.45. The van der Waals surface area contributed by atoms with Gasteiger partial charge < -0.3 is 5.32 Å². The summed E-state index contributed by atoms with van der Waals surface area (Å²) in [6.07, 6.45) is 9.04. The highest BCUT2D eigenvalue weighted by molar-refractivity contribution is 5.95. The molecule has 0 aromatic carbocycles. The number of hydrogen-bond acceptors (Lipinski definition) is 4. The minimum Gasteiger partial charge on any atom is -0.349 e. The van der Waals surface area contributed by atoms with Crippen molar-refractivity contribution in [3.63, 3.8) is 0 Å². The van der Waals surface area contributed by atoms with E-state index in [1.165, 1.54) is 19.3 Å². The number of nitrogens with one attached hydrogen (secondary N) is 1. The largest absolute Gasteiger partial charge is 0.349 e. The van der Waals surface area contributed by atoms with Crippen LogP contribution in [-0.2, 0) is 6.54 Å². The smallest absolute Gasteiger partial charge is 0.253 e. The molecule has 1 saturated heterocycles. The van der Waals surface area contributed by atoms with Gasteiger partial charge in [-0.05, 0) is 88.2 Å². The highest BCUT2D eigenvalue weighted by Gasteiger charge is 2.40. The van der Waals surface area contributed by atoms with Crippen molar-refractivity contribution in [2.45, 2.75) is 64.0 Å². The Kier molecular flexibility index (Phi) is 5.55. The molecule has 3 fully saturated rings. The van der Waals surface area contributed by atoms with Crippen LogP contribution in [0.15, 0.2) is 36.5 Å². The molecule has 3 aliphatic rings.